The Hall–Kier alpha value is 1.77. The summed E-state index contributed by atoms with van der Waals surface area (Å²) in [5.41, 5.74) is 0. The maximum Gasteiger partial charge on any atom is 1.00 e. The molecule has 0 aromatic rings. The van der Waals surface area contributed by atoms with Crippen LogP contribution in [0.25, 0.3) is 0 Å². The molecule has 0 aliphatic carbocycles. The fraction of sp³-hybridized carbons (Fsp3) is 0.833. The Kier molecular flexibility index (Phi) is 5.57. The van der Waals surface area contributed by atoms with Crippen LogP contribution in [0.4, 0.5) is 0 Å². The zero-order valence-corrected chi connectivity index (χ0v) is 11.0. The number of rotatable bonds is 0. The van der Waals surface area contributed by atoms with Crippen LogP contribution in [0.1, 0.15) is 13.3 Å². The zero-order valence-electron chi connectivity index (χ0n) is 6.07. The molecular formula is C6H12NRb. The number of hydrogen-bond acceptors (Lipinski definition) is 1. The van der Waals surface area contributed by atoms with Gasteiger partial charge in [0.25, 0.3) is 0 Å². The molecule has 0 aromatic carbocycles. The monoisotopic (exact) mass is 183 g/mol. The number of nitrogens with zero attached hydrogens (tertiary/aromatic N) is 1. The van der Waals surface area contributed by atoms with Crippen LogP contribution in [0.2, 0.25) is 0 Å². The van der Waals surface area contributed by atoms with Crippen LogP contribution in [-0.2, 0) is 0 Å². The molecule has 1 nitrogen and oxygen atoms in total. The van der Waals surface area contributed by atoms with Crippen molar-refractivity contribution < 1.29 is 58.2 Å². The van der Waals surface area contributed by atoms with Crippen molar-refractivity contribution in [3.8, 4) is 0 Å². The SMILES string of the molecule is C[C-]1CCN(C)C1.[Rb+]. The van der Waals surface area contributed by atoms with E-state index in [-0.39, 0.29) is 58.2 Å². The number of hydrogen-bond donors (Lipinski definition) is 0. The van der Waals surface area contributed by atoms with Crippen LogP contribution >= 0.6 is 0 Å². The van der Waals surface area contributed by atoms with Gasteiger partial charge in [-0.3, -0.25) is 0 Å². The van der Waals surface area contributed by atoms with Crippen molar-refractivity contribution in [2.24, 2.45) is 0 Å². The van der Waals surface area contributed by atoms with Gasteiger partial charge in [0, 0.05) is 0 Å². The van der Waals surface area contributed by atoms with Gasteiger partial charge in [0.2, 0.25) is 0 Å². The Morgan fingerprint density at radius 2 is 2.12 bits per heavy atom. The van der Waals surface area contributed by atoms with Crippen molar-refractivity contribution in [1.29, 1.82) is 0 Å². The molecule has 0 saturated carbocycles. The number of likely N-dealkylation sites (tertiary alicyclic amines) is 1. The maximum atomic E-state index is 2.34. The van der Waals surface area contributed by atoms with Crippen LogP contribution in [0, 0.1) is 5.92 Å². The Bertz CT molecular complexity index is 57.5. The minimum Gasteiger partial charge on any atom is -0.338 e. The second-order valence-electron chi connectivity index (χ2n) is 2.44. The Balaban J connectivity index is 0.000000490. The van der Waals surface area contributed by atoms with Gasteiger partial charge in [0.1, 0.15) is 0 Å². The van der Waals surface area contributed by atoms with Crippen LogP contribution < -0.4 is 58.2 Å². The summed E-state index contributed by atoms with van der Waals surface area (Å²) in [6.07, 6.45) is 1.32. The van der Waals surface area contributed by atoms with Crippen LogP contribution in [0.15, 0.2) is 0 Å². The van der Waals surface area contributed by atoms with Crippen molar-refractivity contribution in [3.63, 3.8) is 0 Å². The van der Waals surface area contributed by atoms with E-state index in [1.165, 1.54) is 19.5 Å². The van der Waals surface area contributed by atoms with Crippen LogP contribution in [0.5, 0.6) is 0 Å². The first-order valence-corrected chi connectivity index (χ1v) is 2.79. The molecule has 1 aliphatic heterocycles. The Labute approximate surface area is 101 Å². The molecule has 8 heavy (non-hydrogen) atoms. The third kappa shape index (κ3) is 3.07. The largest absolute Gasteiger partial charge is 1.00 e. The van der Waals surface area contributed by atoms with E-state index in [2.05, 4.69) is 18.9 Å². The molecule has 0 radical (unpaired) electrons. The molecule has 0 N–H and O–H groups in total. The summed E-state index contributed by atoms with van der Waals surface area (Å²) in [7, 11) is 2.16. The van der Waals surface area contributed by atoms with Crippen molar-refractivity contribution in [3.05, 3.63) is 5.92 Å². The molecule has 0 atom stereocenters. The van der Waals surface area contributed by atoms with Gasteiger partial charge in [0.05, 0.1) is 0 Å². The molecule has 42 valence electrons. The molecule has 0 unspecified atom stereocenters. The molecule has 0 bridgehead atoms. The normalized spacial score (nSPS) is 23.2. The van der Waals surface area contributed by atoms with Gasteiger partial charge in [0.15, 0.2) is 0 Å². The molecule has 2 heteroatoms. The third-order valence-corrected chi connectivity index (χ3v) is 1.46. The van der Waals surface area contributed by atoms with Gasteiger partial charge < -0.3 is 10.8 Å². The summed E-state index contributed by atoms with van der Waals surface area (Å²) in [5, 5.41) is 0. The molecule has 0 spiro atoms. The first-order chi connectivity index (χ1) is 3.29. The molecule has 1 heterocycles. The Morgan fingerprint density at radius 1 is 1.50 bits per heavy atom. The van der Waals surface area contributed by atoms with E-state index in [4.69, 9.17) is 0 Å². The van der Waals surface area contributed by atoms with E-state index >= 15 is 0 Å². The van der Waals surface area contributed by atoms with Crippen LogP contribution in [0.3, 0.4) is 0 Å². The summed E-state index contributed by atoms with van der Waals surface area (Å²) in [6, 6.07) is 0. The van der Waals surface area contributed by atoms with Gasteiger partial charge >= 0.3 is 58.2 Å². The summed E-state index contributed by atoms with van der Waals surface area (Å²) in [6.45, 7) is 4.72. The second-order valence-corrected chi connectivity index (χ2v) is 2.44. The van der Waals surface area contributed by atoms with Crippen molar-refractivity contribution >= 4 is 0 Å². The summed E-state index contributed by atoms with van der Waals surface area (Å²) in [5.74, 6) is 1.63. The van der Waals surface area contributed by atoms with E-state index in [9.17, 15) is 0 Å². The molecule has 0 amide bonds. The third-order valence-electron chi connectivity index (χ3n) is 1.46. The van der Waals surface area contributed by atoms with E-state index in [1.807, 2.05) is 0 Å². The van der Waals surface area contributed by atoms with Gasteiger partial charge in [-0.1, -0.05) is 0 Å². The van der Waals surface area contributed by atoms with Gasteiger partial charge in [-0.15, -0.1) is 6.54 Å². The molecule has 0 aromatic heterocycles. The van der Waals surface area contributed by atoms with Gasteiger partial charge in [-0.2, -0.15) is 13.3 Å². The second kappa shape index (κ2) is 4.56. The summed E-state index contributed by atoms with van der Waals surface area (Å²) < 4.78 is 0. The quantitative estimate of drug-likeness (QED) is 0.390. The summed E-state index contributed by atoms with van der Waals surface area (Å²) >= 11 is 0. The maximum absolute atomic E-state index is 2.34. The predicted octanol–water partition coefficient (Wildman–Crippen LogP) is -2.08. The Morgan fingerprint density at radius 3 is 2.25 bits per heavy atom. The molecule has 1 aliphatic rings. The van der Waals surface area contributed by atoms with Gasteiger partial charge in [-0.25, -0.2) is 0 Å². The molecular weight excluding hydrogens is 172 g/mol. The smallest absolute Gasteiger partial charge is 0.338 e. The minimum absolute atomic E-state index is 0. The van der Waals surface area contributed by atoms with E-state index < -0.39 is 0 Å². The topological polar surface area (TPSA) is 3.24 Å². The molecule has 1 saturated heterocycles. The first-order valence-electron chi connectivity index (χ1n) is 2.79. The van der Waals surface area contributed by atoms with Crippen molar-refractivity contribution in [1.82, 2.24) is 4.90 Å². The van der Waals surface area contributed by atoms with E-state index in [1.54, 1.807) is 5.92 Å². The van der Waals surface area contributed by atoms with Crippen molar-refractivity contribution in [2.75, 3.05) is 20.1 Å². The molecule has 1 fully saturated rings. The minimum atomic E-state index is 0. The summed E-state index contributed by atoms with van der Waals surface area (Å²) in [4.78, 5) is 2.34. The average Bonchev–Trinajstić information content (AvgIpc) is 1.87. The van der Waals surface area contributed by atoms with E-state index in [0.717, 1.165) is 0 Å². The fourth-order valence-electron chi connectivity index (χ4n) is 1.00. The zero-order chi connectivity index (χ0) is 5.28. The first kappa shape index (κ1) is 9.77. The van der Waals surface area contributed by atoms with Crippen molar-refractivity contribution in [2.45, 2.75) is 13.3 Å². The predicted molar refractivity (Wildman–Crippen MR) is 31.0 cm³/mol. The fourth-order valence-corrected chi connectivity index (χ4v) is 1.00. The van der Waals surface area contributed by atoms with Gasteiger partial charge in [-0.05, 0) is 13.6 Å². The van der Waals surface area contributed by atoms with E-state index in [0.29, 0.717) is 0 Å². The van der Waals surface area contributed by atoms with Crippen LogP contribution in [-0.4, -0.2) is 25.0 Å². The average molecular weight is 184 g/mol. The molecule has 1 rings (SSSR count). The standard InChI is InChI=1S/C6H12N.Rb/c1-6-3-4-7(2)5-6;/h3-5H2,1-2H3;/q-1;+1.